The standard InChI is InChI=1S/C9H14N4O3/c1-12(2)5-6-16-8-4-3-7(13(14)15)9(10)11-8/h3-4H,5-6H2,1-2H3,(H2,10,11). The maximum atomic E-state index is 10.5. The number of aromatic nitrogens is 1. The summed E-state index contributed by atoms with van der Waals surface area (Å²) in [5, 5.41) is 10.5. The third kappa shape index (κ3) is 3.35. The third-order valence-electron chi connectivity index (χ3n) is 1.86. The van der Waals surface area contributed by atoms with E-state index in [1.54, 1.807) is 0 Å². The molecule has 0 amide bonds. The number of anilines is 1. The van der Waals surface area contributed by atoms with Crippen molar-refractivity contribution in [1.29, 1.82) is 0 Å². The summed E-state index contributed by atoms with van der Waals surface area (Å²) < 4.78 is 5.28. The average Bonchev–Trinajstić information content (AvgIpc) is 2.16. The first-order chi connectivity index (χ1) is 7.50. The van der Waals surface area contributed by atoms with Crippen molar-refractivity contribution in [3.8, 4) is 5.88 Å². The number of nitrogens with zero attached hydrogens (tertiary/aromatic N) is 3. The van der Waals surface area contributed by atoms with Crippen LogP contribution in [0.2, 0.25) is 0 Å². The molecule has 7 heteroatoms. The number of likely N-dealkylation sites (N-methyl/N-ethyl adjacent to an activating group) is 1. The molecule has 0 atom stereocenters. The quantitative estimate of drug-likeness (QED) is 0.580. The molecule has 16 heavy (non-hydrogen) atoms. The van der Waals surface area contributed by atoms with Gasteiger partial charge in [-0.3, -0.25) is 10.1 Å². The molecule has 0 fully saturated rings. The Morgan fingerprint density at radius 1 is 1.56 bits per heavy atom. The molecule has 88 valence electrons. The van der Waals surface area contributed by atoms with Gasteiger partial charge in [0.15, 0.2) is 0 Å². The normalized spacial score (nSPS) is 10.4. The zero-order valence-electron chi connectivity index (χ0n) is 9.21. The van der Waals surface area contributed by atoms with Crippen LogP contribution in [0.3, 0.4) is 0 Å². The minimum absolute atomic E-state index is 0.132. The number of hydrogen-bond acceptors (Lipinski definition) is 6. The summed E-state index contributed by atoms with van der Waals surface area (Å²) in [4.78, 5) is 15.6. The maximum absolute atomic E-state index is 10.5. The molecule has 0 spiro atoms. The molecule has 0 aromatic carbocycles. The van der Waals surface area contributed by atoms with E-state index in [0.717, 1.165) is 6.54 Å². The van der Waals surface area contributed by atoms with E-state index in [9.17, 15) is 10.1 Å². The van der Waals surface area contributed by atoms with Gasteiger partial charge in [0, 0.05) is 18.7 Å². The van der Waals surface area contributed by atoms with Gasteiger partial charge in [0.25, 0.3) is 0 Å². The van der Waals surface area contributed by atoms with E-state index >= 15 is 0 Å². The molecule has 0 aliphatic carbocycles. The summed E-state index contributed by atoms with van der Waals surface area (Å²) in [5.41, 5.74) is 5.20. The Morgan fingerprint density at radius 2 is 2.25 bits per heavy atom. The lowest BCUT2D eigenvalue weighted by Crippen LogP contribution is -2.19. The smallest absolute Gasteiger partial charge is 0.311 e. The Labute approximate surface area is 93.0 Å². The van der Waals surface area contributed by atoms with Crippen LogP contribution >= 0.6 is 0 Å². The summed E-state index contributed by atoms with van der Waals surface area (Å²) in [5.74, 6) is 0.164. The summed E-state index contributed by atoms with van der Waals surface area (Å²) in [6.07, 6.45) is 0. The molecule has 0 aliphatic heterocycles. The molecule has 1 heterocycles. The highest BCUT2D eigenvalue weighted by molar-refractivity contribution is 5.53. The monoisotopic (exact) mass is 226 g/mol. The predicted octanol–water partition coefficient (Wildman–Crippen LogP) is 0.512. The zero-order chi connectivity index (χ0) is 12.1. The second kappa shape index (κ2) is 5.26. The van der Waals surface area contributed by atoms with Crippen LogP contribution in [0, 0.1) is 10.1 Å². The highest BCUT2D eigenvalue weighted by Gasteiger charge is 2.13. The van der Waals surface area contributed by atoms with E-state index in [1.165, 1.54) is 12.1 Å². The van der Waals surface area contributed by atoms with Gasteiger partial charge in [0.05, 0.1) is 4.92 Å². The van der Waals surface area contributed by atoms with Crippen LogP contribution in [0.25, 0.3) is 0 Å². The summed E-state index contributed by atoms with van der Waals surface area (Å²) in [7, 11) is 3.84. The van der Waals surface area contributed by atoms with Gasteiger partial charge in [-0.2, -0.15) is 4.98 Å². The predicted molar refractivity (Wildman–Crippen MR) is 59.4 cm³/mol. The van der Waals surface area contributed by atoms with Crippen molar-refractivity contribution in [2.24, 2.45) is 0 Å². The van der Waals surface area contributed by atoms with Crippen LogP contribution in [-0.2, 0) is 0 Å². The van der Waals surface area contributed by atoms with Crippen LogP contribution < -0.4 is 10.5 Å². The minimum Gasteiger partial charge on any atom is -0.476 e. The lowest BCUT2D eigenvalue weighted by Gasteiger charge is -2.10. The highest BCUT2D eigenvalue weighted by atomic mass is 16.6. The molecule has 1 rings (SSSR count). The van der Waals surface area contributed by atoms with Gasteiger partial charge >= 0.3 is 5.69 Å². The van der Waals surface area contributed by atoms with Gasteiger partial charge in [-0.1, -0.05) is 0 Å². The Bertz CT molecular complexity index is 381. The number of nitrogen functional groups attached to an aromatic ring is 1. The van der Waals surface area contributed by atoms with Crippen molar-refractivity contribution >= 4 is 11.5 Å². The maximum Gasteiger partial charge on any atom is 0.311 e. The summed E-state index contributed by atoms with van der Waals surface area (Å²) in [6.45, 7) is 1.19. The van der Waals surface area contributed by atoms with Crippen molar-refractivity contribution in [2.45, 2.75) is 0 Å². The van der Waals surface area contributed by atoms with Crippen LogP contribution in [0.15, 0.2) is 12.1 Å². The van der Waals surface area contributed by atoms with E-state index in [-0.39, 0.29) is 11.5 Å². The van der Waals surface area contributed by atoms with Crippen LogP contribution in [0.4, 0.5) is 11.5 Å². The van der Waals surface area contributed by atoms with Crippen molar-refractivity contribution in [3.63, 3.8) is 0 Å². The first-order valence-corrected chi connectivity index (χ1v) is 4.69. The molecule has 0 unspecified atom stereocenters. The molecule has 1 aromatic heterocycles. The number of pyridine rings is 1. The van der Waals surface area contributed by atoms with Crippen molar-refractivity contribution in [2.75, 3.05) is 33.0 Å². The van der Waals surface area contributed by atoms with E-state index < -0.39 is 4.92 Å². The molecule has 1 aromatic rings. The Kier molecular flexibility index (Phi) is 4.01. The molecule has 0 bridgehead atoms. The minimum atomic E-state index is -0.577. The number of nitro groups is 1. The molecule has 0 radical (unpaired) electrons. The number of rotatable bonds is 5. The Hall–Kier alpha value is -1.89. The lowest BCUT2D eigenvalue weighted by atomic mass is 10.4. The molecule has 0 saturated carbocycles. The van der Waals surface area contributed by atoms with Gasteiger partial charge in [-0.25, -0.2) is 0 Å². The first-order valence-electron chi connectivity index (χ1n) is 4.69. The van der Waals surface area contributed by atoms with Crippen molar-refractivity contribution in [1.82, 2.24) is 9.88 Å². The van der Waals surface area contributed by atoms with Gasteiger partial charge < -0.3 is 15.4 Å². The van der Waals surface area contributed by atoms with Gasteiger partial charge in [0.1, 0.15) is 6.61 Å². The molecule has 0 saturated heterocycles. The second-order valence-electron chi connectivity index (χ2n) is 3.46. The lowest BCUT2D eigenvalue weighted by molar-refractivity contribution is -0.384. The Morgan fingerprint density at radius 3 is 2.75 bits per heavy atom. The van der Waals surface area contributed by atoms with Crippen LogP contribution in [0.1, 0.15) is 0 Å². The molecule has 0 aliphatic rings. The van der Waals surface area contributed by atoms with Gasteiger partial charge in [-0.05, 0) is 14.1 Å². The van der Waals surface area contributed by atoms with E-state index in [4.69, 9.17) is 10.5 Å². The number of hydrogen-bond donors (Lipinski definition) is 1. The van der Waals surface area contributed by atoms with E-state index in [1.807, 2.05) is 19.0 Å². The zero-order valence-corrected chi connectivity index (χ0v) is 9.21. The first kappa shape index (κ1) is 12.2. The molecular weight excluding hydrogens is 212 g/mol. The second-order valence-corrected chi connectivity index (χ2v) is 3.46. The molecule has 2 N–H and O–H groups in total. The van der Waals surface area contributed by atoms with Crippen molar-refractivity contribution < 1.29 is 9.66 Å². The summed E-state index contributed by atoms with van der Waals surface area (Å²) in [6, 6.07) is 2.72. The van der Waals surface area contributed by atoms with Crippen molar-refractivity contribution in [3.05, 3.63) is 22.2 Å². The van der Waals surface area contributed by atoms with Crippen LogP contribution in [0.5, 0.6) is 5.88 Å². The SMILES string of the molecule is CN(C)CCOc1ccc([N+](=O)[O-])c(N)n1. The molecular formula is C9H14N4O3. The summed E-state index contributed by atoms with van der Waals surface area (Å²) >= 11 is 0. The fraction of sp³-hybridized carbons (Fsp3) is 0.444. The fourth-order valence-electron chi connectivity index (χ4n) is 1.02. The number of nitrogens with two attached hydrogens (primary N) is 1. The van der Waals surface area contributed by atoms with Gasteiger partial charge in [-0.15, -0.1) is 0 Å². The average molecular weight is 226 g/mol. The highest BCUT2D eigenvalue weighted by Crippen LogP contribution is 2.21. The van der Waals surface area contributed by atoms with Crippen LogP contribution in [-0.4, -0.2) is 42.1 Å². The van der Waals surface area contributed by atoms with Gasteiger partial charge in [0.2, 0.25) is 11.7 Å². The largest absolute Gasteiger partial charge is 0.476 e. The third-order valence-corrected chi connectivity index (χ3v) is 1.86. The topological polar surface area (TPSA) is 94.5 Å². The Balaban J connectivity index is 2.63. The number of ether oxygens (including phenoxy) is 1. The fourth-order valence-corrected chi connectivity index (χ4v) is 1.02. The molecule has 7 nitrogen and oxygen atoms in total. The van der Waals surface area contributed by atoms with E-state index in [2.05, 4.69) is 4.98 Å². The van der Waals surface area contributed by atoms with E-state index in [0.29, 0.717) is 12.5 Å².